The van der Waals surface area contributed by atoms with E-state index in [4.69, 9.17) is 4.74 Å². The molecule has 20 heavy (non-hydrogen) atoms. The van der Waals surface area contributed by atoms with Crippen molar-refractivity contribution in [1.82, 2.24) is 0 Å². The molecule has 0 amide bonds. The van der Waals surface area contributed by atoms with Crippen LogP contribution in [0.25, 0.3) is 10.1 Å². The summed E-state index contributed by atoms with van der Waals surface area (Å²) in [5, 5.41) is 3.50. The minimum absolute atomic E-state index is 0.477. The van der Waals surface area contributed by atoms with Crippen molar-refractivity contribution in [3.8, 4) is 5.75 Å². The van der Waals surface area contributed by atoms with E-state index in [-0.39, 0.29) is 0 Å². The predicted octanol–water partition coefficient (Wildman–Crippen LogP) is 5.60. The Kier molecular flexibility index (Phi) is 3.75. The Balaban J connectivity index is 1.83. The average Bonchev–Trinajstić information content (AvgIpc) is 2.88. The molecule has 0 unspecified atom stereocenters. The highest BCUT2D eigenvalue weighted by atomic mass is 32.1. The van der Waals surface area contributed by atoms with Gasteiger partial charge < -0.3 is 4.74 Å². The summed E-state index contributed by atoms with van der Waals surface area (Å²) in [6.45, 7) is 5.03. The lowest BCUT2D eigenvalue weighted by Gasteiger charge is -2.13. The van der Waals surface area contributed by atoms with Crippen LogP contribution in [0.1, 0.15) is 30.9 Å². The number of thiophene rings is 1. The topological polar surface area (TPSA) is 9.23 Å². The molecule has 0 fully saturated rings. The summed E-state index contributed by atoms with van der Waals surface area (Å²) in [4.78, 5) is 0. The molecule has 1 aromatic heterocycles. The summed E-state index contributed by atoms with van der Waals surface area (Å²) < 4.78 is 7.38. The van der Waals surface area contributed by atoms with Crippen LogP contribution in [-0.4, -0.2) is 0 Å². The van der Waals surface area contributed by atoms with Gasteiger partial charge in [0.2, 0.25) is 0 Å². The van der Waals surface area contributed by atoms with Crippen molar-refractivity contribution in [3.63, 3.8) is 0 Å². The number of hydrogen-bond acceptors (Lipinski definition) is 2. The molecule has 0 saturated heterocycles. The Bertz CT molecular complexity index is 712. The Morgan fingerprint density at radius 2 is 1.75 bits per heavy atom. The predicted molar refractivity (Wildman–Crippen MR) is 86.7 cm³/mol. The van der Waals surface area contributed by atoms with E-state index in [1.165, 1.54) is 21.2 Å². The summed E-state index contributed by atoms with van der Waals surface area (Å²) in [5.74, 6) is 1.48. The summed E-state index contributed by atoms with van der Waals surface area (Å²) in [6, 6.07) is 16.8. The van der Waals surface area contributed by atoms with Gasteiger partial charge in [-0.05, 0) is 34.4 Å². The molecule has 3 rings (SSSR count). The lowest BCUT2D eigenvalue weighted by molar-refractivity contribution is 0.303. The number of fused-ring (bicyclic) bond motifs is 1. The van der Waals surface area contributed by atoms with Crippen LogP contribution in [0.5, 0.6) is 5.75 Å². The maximum atomic E-state index is 6.06. The Hall–Kier alpha value is -1.80. The van der Waals surface area contributed by atoms with Gasteiger partial charge in [0.15, 0.2) is 0 Å². The van der Waals surface area contributed by atoms with Gasteiger partial charge in [0.25, 0.3) is 0 Å². The molecule has 0 aliphatic rings. The van der Waals surface area contributed by atoms with Crippen LogP contribution in [0.2, 0.25) is 0 Å². The van der Waals surface area contributed by atoms with Gasteiger partial charge >= 0.3 is 0 Å². The fourth-order valence-electron chi connectivity index (χ4n) is 2.39. The second-order valence-electron chi connectivity index (χ2n) is 5.24. The highest BCUT2D eigenvalue weighted by Gasteiger charge is 2.08. The third kappa shape index (κ3) is 2.56. The first kappa shape index (κ1) is 13.2. The maximum Gasteiger partial charge on any atom is 0.123 e. The van der Waals surface area contributed by atoms with Crippen LogP contribution in [-0.2, 0) is 6.61 Å². The van der Waals surface area contributed by atoms with E-state index in [2.05, 4.69) is 61.7 Å². The van der Waals surface area contributed by atoms with Gasteiger partial charge in [0, 0.05) is 10.3 Å². The van der Waals surface area contributed by atoms with Crippen LogP contribution in [0, 0.1) is 0 Å². The molecule has 2 aromatic carbocycles. The number of benzene rings is 2. The lowest BCUT2D eigenvalue weighted by Crippen LogP contribution is -1.99. The molecule has 0 aliphatic heterocycles. The van der Waals surface area contributed by atoms with Gasteiger partial charge in [-0.1, -0.05) is 50.2 Å². The van der Waals surface area contributed by atoms with E-state index in [9.17, 15) is 0 Å². The summed E-state index contributed by atoms with van der Waals surface area (Å²) in [7, 11) is 0. The van der Waals surface area contributed by atoms with Crippen LogP contribution in [0.3, 0.4) is 0 Å². The zero-order valence-corrected chi connectivity index (χ0v) is 12.6. The molecule has 3 aromatic rings. The molecule has 0 N–H and O–H groups in total. The number of rotatable bonds is 4. The number of hydrogen-bond donors (Lipinski definition) is 0. The molecule has 0 atom stereocenters. The van der Waals surface area contributed by atoms with Crippen LogP contribution in [0.4, 0.5) is 0 Å². The first-order valence-electron chi connectivity index (χ1n) is 6.92. The zero-order chi connectivity index (χ0) is 13.9. The molecule has 0 radical (unpaired) electrons. The second-order valence-corrected chi connectivity index (χ2v) is 6.15. The van der Waals surface area contributed by atoms with Crippen molar-refractivity contribution in [3.05, 3.63) is 65.0 Å². The van der Waals surface area contributed by atoms with E-state index in [1.54, 1.807) is 11.3 Å². The van der Waals surface area contributed by atoms with Crippen LogP contribution in [0.15, 0.2) is 53.9 Å². The molecule has 102 valence electrons. The molecule has 0 spiro atoms. The molecule has 2 heteroatoms. The number of para-hydroxylation sites is 1. The van der Waals surface area contributed by atoms with E-state index in [0.29, 0.717) is 12.5 Å². The minimum Gasteiger partial charge on any atom is -0.489 e. The van der Waals surface area contributed by atoms with E-state index < -0.39 is 0 Å². The second kappa shape index (κ2) is 5.68. The third-order valence-corrected chi connectivity index (χ3v) is 4.50. The van der Waals surface area contributed by atoms with Gasteiger partial charge in [0.05, 0.1) is 0 Å². The molecular weight excluding hydrogens is 264 g/mol. The fraction of sp³-hybridized carbons (Fsp3) is 0.222. The van der Waals surface area contributed by atoms with Crippen LogP contribution < -0.4 is 4.74 Å². The fourth-order valence-corrected chi connectivity index (χ4v) is 3.34. The van der Waals surface area contributed by atoms with Gasteiger partial charge in [-0.25, -0.2) is 0 Å². The van der Waals surface area contributed by atoms with E-state index in [1.807, 2.05) is 6.07 Å². The van der Waals surface area contributed by atoms with E-state index >= 15 is 0 Å². The highest BCUT2D eigenvalue weighted by molar-refractivity contribution is 7.17. The van der Waals surface area contributed by atoms with Crippen molar-refractivity contribution >= 4 is 21.4 Å². The summed E-state index contributed by atoms with van der Waals surface area (Å²) in [6.07, 6.45) is 0. The highest BCUT2D eigenvalue weighted by Crippen LogP contribution is 2.29. The summed E-state index contributed by atoms with van der Waals surface area (Å²) >= 11 is 1.78. The Morgan fingerprint density at radius 1 is 1.00 bits per heavy atom. The largest absolute Gasteiger partial charge is 0.489 e. The molecule has 0 aliphatic carbocycles. The SMILES string of the molecule is CC(C)c1ccccc1OCc1csc2ccccc12. The van der Waals surface area contributed by atoms with Crippen LogP contribution >= 0.6 is 11.3 Å². The lowest BCUT2D eigenvalue weighted by atomic mass is 10.0. The van der Waals surface area contributed by atoms with Crippen molar-refractivity contribution in [2.45, 2.75) is 26.4 Å². The van der Waals surface area contributed by atoms with Gasteiger partial charge in [-0.15, -0.1) is 11.3 Å². The smallest absolute Gasteiger partial charge is 0.123 e. The first-order valence-corrected chi connectivity index (χ1v) is 7.80. The van der Waals surface area contributed by atoms with Gasteiger partial charge in [-0.3, -0.25) is 0 Å². The monoisotopic (exact) mass is 282 g/mol. The van der Waals surface area contributed by atoms with Gasteiger partial charge in [-0.2, -0.15) is 0 Å². The van der Waals surface area contributed by atoms with Crippen molar-refractivity contribution in [2.24, 2.45) is 0 Å². The quantitative estimate of drug-likeness (QED) is 0.605. The summed E-state index contributed by atoms with van der Waals surface area (Å²) in [5.41, 5.74) is 2.54. The molecule has 0 saturated carbocycles. The molecule has 1 heterocycles. The van der Waals surface area contributed by atoms with Crippen molar-refractivity contribution < 1.29 is 4.74 Å². The Morgan fingerprint density at radius 3 is 2.60 bits per heavy atom. The maximum absolute atomic E-state index is 6.06. The van der Waals surface area contributed by atoms with E-state index in [0.717, 1.165) is 5.75 Å². The first-order chi connectivity index (χ1) is 9.75. The number of ether oxygens (including phenoxy) is 1. The van der Waals surface area contributed by atoms with Crippen molar-refractivity contribution in [2.75, 3.05) is 0 Å². The molecular formula is C18H18OS. The zero-order valence-electron chi connectivity index (χ0n) is 11.8. The molecule has 0 bridgehead atoms. The standard InChI is InChI=1S/C18H18OS/c1-13(2)15-7-3-5-9-17(15)19-11-14-12-20-18-10-6-4-8-16(14)18/h3-10,12-13H,11H2,1-2H3. The average molecular weight is 282 g/mol. The normalized spacial score (nSPS) is 11.2. The Labute approximate surface area is 123 Å². The minimum atomic E-state index is 0.477. The van der Waals surface area contributed by atoms with Gasteiger partial charge in [0.1, 0.15) is 12.4 Å². The third-order valence-electron chi connectivity index (χ3n) is 3.49. The molecule has 1 nitrogen and oxygen atoms in total. The van der Waals surface area contributed by atoms with Crippen molar-refractivity contribution in [1.29, 1.82) is 0 Å².